The molecule has 2 nitrogen and oxygen atoms in total. The van der Waals surface area contributed by atoms with Crippen LogP contribution < -0.4 is 5.32 Å². The highest BCUT2D eigenvalue weighted by Crippen LogP contribution is 2.19. The average Bonchev–Trinajstić information content (AvgIpc) is 3.20. The zero-order valence-electron chi connectivity index (χ0n) is 12.7. The van der Waals surface area contributed by atoms with Crippen molar-refractivity contribution in [3.8, 4) is 0 Å². The third kappa shape index (κ3) is 5.33. The SMILES string of the molecule is CCN(Cc1ccc(CNC2CC2)cc1)CC(C)C. The van der Waals surface area contributed by atoms with Gasteiger partial charge in [0.05, 0.1) is 0 Å². The van der Waals surface area contributed by atoms with E-state index in [2.05, 4.69) is 55.3 Å². The van der Waals surface area contributed by atoms with E-state index >= 15 is 0 Å². The number of rotatable bonds is 8. The predicted molar refractivity (Wildman–Crippen MR) is 82.1 cm³/mol. The molecule has 19 heavy (non-hydrogen) atoms. The maximum absolute atomic E-state index is 3.56. The Kier molecular flexibility index (Phi) is 5.41. The molecule has 1 saturated carbocycles. The standard InChI is InChI=1S/C17H28N2/c1-4-19(12-14(2)3)13-16-7-5-15(6-8-16)11-18-17-9-10-17/h5-8,14,17-18H,4,9-13H2,1-3H3. The first-order chi connectivity index (χ1) is 9.17. The number of hydrogen-bond donors (Lipinski definition) is 1. The Morgan fingerprint density at radius 3 is 2.32 bits per heavy atom. The second kappa shape index (κ2) is 7.06. The van der Waals surface area contributed by atoms with Gasteiger partial charge in [-0.15, -0.1) is 0 Å². The van der Waals surface area contributed by atoms with Gasteiger partial charge in [-0.05, 0) is 36.4 Å². The van der Waals surface area contributed by atoms with Crippen molar-refractivity contribution in [1.29, 1.82) is 0 Å². The van der Waals surface area contributed by atoms with Crippen LogP contribution in [0.4, 0.5) is 0 Å². The van der Waals surface area contributed by atoms with Gasteiger partial charge in [-0.2, -0.15) is 0 Å². The van der Waals surface area contributed by atoms with Crippen LogP contribution >= 0.6 is 0 Å². The Labute approximate surface area is 118 Å². The van der Waals surface area contributed by atoms with Crippen molar-refractivity contribution in [2.24, 2.45) is 5.92 Å². The van der Waals surface area contributed by atoms with E-state index in [1.807, 2.05) is 0 Å². The molecular weight excluding hydrogens is 232 g/mol. The van der Waals surface area contributed by atoms with Crippen LogP contribution in [0, 0.1) is 5.92 Å². The average molecular weight is 260 g/mol. The van der Waals surface area contributed by atoms with Gasteiger partial charge in [0.1, 0.15) is 0 Å². The zero-order valence-corrected chi connectivity index (χ0v) is 12.7. The summed E-state index contributed by atoms with van der Waals surface area (Å²) in [4.78, 5) is 2.52. The number of hydrogen-bond acceptors (Lipinski definition) is 2. The van der Waals surface area contributed by atoms with Crippen molar-refractivity contribution < 1.29 is 0 Å². The molecule has 0 spiro atoms. The lowest BCUT2D eigenvalue weighted by Gasteiger charge is -2.22. The Hall–Kier alpha value is -0.860. The predicted octanol–water partition coefficient (Wildman–Crippen LogP) is 3.42. The first kappa shape index (κ1) is 14.5. The molecule has 1 aliphatic rings. The molecule has 1 fully saturated rings. The first-order valence-electron chi connectivity index (χ1n) is 7.71. The summed E-state index contributed by atoms with van der Waals surface area (Å²) in [5.41, 5.74) is 2.83. The second-order valence-electron chi connectivity index (χ2n) is 6.19. The van der Waals surface area contributed by atoms with E-state index in [0.717, 1.165) is 31.6 Å². The fraction of sp³-hybridized carbons (Fsp3) is 0.647. The summed E-state index contributed by atoms with van der Waals surface area (Å²) in [6, 6.07) is 9.91. The minimum Gasteiger partial charge on any atom is -0.310 e. The van der Waals surface area contributed by atoms with Crippen molar-refractivity contribution in [3.63, 3.8) is 0 Å². The molecule has 1 aromatic rings. The highest BCUT2D eigenvalue weighted by Gasteiger charge is 2.19. The summed E-state index contributed by atoms with van der Waals surface area (Å²) < 4.78 is 0. The Morgan fingerprint density at radius 2 is 1.79 bits per heavy atom. The normalized spacial score (nSPS) is 15.4. The molecule has 1 aromatic carbocycles. The smallest absolute Gasteiger partial charge is 0.0233 e. The molecule has 0 aromatic heterocycles. The summed E-state index contributed by atoms with van der Waals surface area (Å²) in [5, 5.41) is 3.56. The van der Waals surface area contributed by atoms with Crippen LogP contribution in [0.2, 0.25) is 0 Å². The van der Waals surface area contributed by atoms with E-state index in [-0.39, 0.29) is 0 Å². The van der Waals surface area contributed by atoms with Gasteiger partial charge in [-0.3, -0.25) is 4.90 Å². The van der Waals surface area contributed by atoms with Crippen LogP contribution in [0.15, 0.2) is 24.3 Å². The van der Waals surface area contributed by atoms with Crippen molar-refractivity contribution in [3.05, 3.63) is 35.4 Å². The summed E-state index contributed by atoms with van der Waals surface area (Å²) in [6.45, 7) is 11.2. The van der Waals surface area contributed by atoms with Gasteiger partial charge in [-0.1, -0.05) is 45.0 Å². The zero-order chi connectivity index (χ0) is 13.7. The molecule has 1 N–H and O–H groups in total. The molecule has 106 valence electrons. The molecule has 0 unspecified atom stereocenters. The van der Waals surface area contributed by atoms with Gasteiger partial charge in [0, 0.05) is 25.7 Å². The topological polar surface area (TPSA) is 15.3 Å². The van der Waals surface area contributed by atoms with E-state index in [1.54, 1.807) is 0 Å². The van der Waals surface area contributed by atoms with Crippen molar-refractivity contribution in [2.75, 3.05) is 13.1 Å². The molecule has 0 bridgehead atoms. The van der Waals surface area contributed by atoms with E-state index in [0.29, 0.717) is 0 Å². The summed E-state index contributed by atoms with van der Waals surface area (Å²) >= 11 is 0. The lowest BCUT2D eigenvalue weighted by molar-refractivity contribution is 0.248. The molecule has 0 atom stereocenters. The van der Waals surface area contributed by atoms with Crippen LogP contribution in [-0.4, -0.2) is 24.0 Å². The van der Waals surface area contributed by atoms with Crippen LogP contribution in [0.5, 0.6) is 0 Å². The van der Waals surface area contributed by atoms with Gasteiger partial charge in [-0.25, -0.2) is 0 Å². The van der Waals surface area contributed by atoms with Crippen LogP contribution in [-0.2, 0) is 13.1 Å². The maximum Gasteiger partial charge on any atom is 0.0233 e. The van der Waals surface area contributed by atoms with Crippen molar-refractivity contribution in [1.82, 2.24) is 10.2 Å². The quantitative estimate of drug-likeness (QED) is 0.770. The molecule has 1 aliphatic carbocycles. The van der Waals surface area contributed by atoms with E-state index in [9.17, 15) is 0 Å². The molecule has 0 heterocycles. The second-order valence-corrected chi connectivity index (χ2v) is 6.19. The molecule has 0 radical (unpaired) electrons. The Balaban J connectivity index is 1.82. The molecule has 2 rings (SSSR count). The number of nitrogens with zero attached hydrogens (tertiary/aromatic N) is 1. The van der Waals surface area contributed by atoms with Gasteiger partial charge >= 0.3 is 0 Å². The van der Waals surface area contributed by atoms with Crippen LogP contribution in [0.1, 0.15) is 44.7 Å². The summed E-state index contributed by atoms with van der Waals surface area (Å²) in [7, 11) is 0. The van der Waals surface area contributed by atoms with Gasteiger partial charge in [0.2, 0.25) is 0 Å². The van der Waals surface area contributed by atoms with E-state index < -0.39 is 0 Å². The van der Waals surface area contributed by atoms with E-state index in [1.165, 1.54) is 30.5 Å². The maximum atomic E-state index is 3.56. The molecular formula is C17H28N2. The van der Waals surface area contributed by atoms with Gasteiger partial charge in [0.25, 0.3) is 0 Å². The monoisotopic (exact) mass is 260 g/mol. The Morgan fingerprint density at radius 1 is 1.16 bits per heavy atom. The minimum atomic E-state index is 0.738. The van der Waals surface area contributed by atoms with Gasteiger partial charge in [0.15, 0.2) is 0 Å². The van der Waals surface area contributed by atoms with Crippen LogP contribution in [0.3, 0.4) is 0 Å². The van der Waals surface area contributed by atoms with Crippen molar-refractivity contribution >= 4 is 0 Å². The lowest BCUT2D eigenvalue weighted by Crippen LogP contribution is -2.27. The number of nitrogens with one attached hydrogen (secondary N) is 1. The third-order valence-corrected chi connectivity index (χ3v) is 3.67. The highest BCUT2D eigenvalue weighted by molar-refractivity contribution is 5.22. The largest absolute Gasteiger partial charge is 0.310 e. The third-order valence-electron chi connectivity index (χ3n) is 3.67. The minimum absolute atomic E-state index is 0.738. The summed E-state index contributed by atoms with van der Waals surface area (Å²) in [6.07, 6.45) is 2.72. The Bertz CT molecular complexity index is 365. The lowest BCUT2D eigenvalue weighted by atomic mass is 10.1. The molecule has 0 saturated heterocycles. The molecule has 0 amide bonds. The van der Waals surface area contributed by atoms with E-state index in [4.69, 9.17) is 0 Å². The van der Waals surface area contributed by atoms with Gasteiger partial charge < -0.3 is 5.32 Å². The molecule has 2 heteroatoms. The summed E-state index contributed by atoms with van der Waals surface area (Å²) in [5.74, 6) is 0.738. The fourth-order valence-corrected chi connectivity index (χ4v) is 2.39. The molecule has 0 aliphatic heterocycles. The fourth-order valence-electron chi connectivity index (χ4n) is 2.39. The number of benzene rings is 1. The highest BCUT2D eigenvalue weighted by atomic mass is 15.1. The van der Waals surface area contributed by atoms with Crippen LogP contribution in [0.25, 0.3) is 0 Å². The van der Waals surface area contributed by atoms with Crippen molar-refractivity contribution in [2.45, 2.75) is 52.7 Å². The first-order valence-corrected chi connectivity index (χ1v) is 7.71.